The highest BCUT2D eigenvalue weighted by atomic mass is 32.2. The lowest BCUT2D eigenvalue weighted by Gasteiger charge is -2.14. The molecule has 0 radical (unpaired) electrons. The summed E-state index contributed by atoms with van der Waals surface area (Å²) in [6.45, 7) is 0. The Bertz CT molecular complexity index is 637. The van der Waals surface area contributed by atoms with Crippen molar-refractivity contribution in [2.75, 3.05) is 14.2 Å². The van der Waals surface area contributed by atoms with Crippen LogP contribution in [0.15, 0.2) is 47.4 Å². The molecule has 0 spiro atoms. The van der Waals surface area contributed by atoms with Crippen molar-refractivity contribution >= 4 is 20.8 Å². The molecule has 0 saturated heterocycles. The highest BCUT2D eigenvalue weighted by molar-refractivity contribution is 7.89. The van der Waals surface area contributed by atoms with E-state index in [1.807, 2.05) is 24.3 Å². The van der Waals surface area contributed by atoms with E-state index < -0.39 is 10.0 Å². The van der Waals surface area contributed by atoms with Crippen molar-refractivity contribution in [3.63, 3.8) is 0 Å². The maximum absolute atomic E-state index is 12.0. The van der Waals surface area contributed by atoms with Crippen LogP contribution in [0.25, 0.3) is 10.8 Å². The van der Waals surface area contributed by atoms with Crippen LogP contribution >= 0.6 is 0 Å². The first-order valence-corrected chi connectivity index (χ1v) is 6.51. The van der Waals surface area contributed by atoms with Gasteiger partial charge >= 0.3 is 0 Å². The van der Waals surface area contributed by atoms with Crippen LogP contribution in [-0.4, -0.2) is 27.0 Å². The summed E-state index contributed by atoms with van der Waals surface area (Å²) in [5.74, 6) is 0. The maximum Gasteiger partial charge on any atom is 0.264 e. The SMILES string of the molecule is CON(C)S(=O)(=O)c1ccc2ccccc2c1. The Morgan fingerprint density at radius 2 is 1.71 bits per heavy atom. The second-order valence-corrected chi connectivity index (χ2v) is 5.54. The molecule has 0 amide bonds. The third kappa shape index (κ3) is 2.17. The van der Waals surface area contributed by atoms with E-state index in [1.165, 1.54) is 14.2 Å². The zero-order chi connectivity index (χ0) is 12.5. The molecular formula is C12H13NO3S. The molecule has 0 bridgehead atoms. The number of hydrogen-bond donors (Lipinski definition) is 0. The summed E-state index contributed by atoms with van der Waals surface area (Å²) < 4.78 is 24.9. The van der Waals surface area contributed by atoms with Gasteiger partial charge in [0.05, 0.1) is 12.0 Å². The third-order valence-corrected chi connectivity index (χ3v) is 4.29. The average Bonchev–Trinajstić information content (AvgIpc) is 2.37. The molecule has 0 N–H and O–H groups in total. The highest BCUT2D eigenvalue weighted by Gasteiger charge is 2.20. The van der Waals surface area contributed by atoms with Crippen LogP contribution in [0.3, 0.4) is 0 Å². The van der Waals surface area contributed by atoms with Crippen molar-refractivity contribution in [3.05, 3.63) is 42.5 Å². The molecule has 0 aliphatic heterocycles. The molecule has 4 nitrogen and oxygen atoms in total. The summed E-state index contributed by atoms with van der Waals surface area (Å²) in [4.78, 5) is 4.95. The first-order chi connectivity index (χ1) is 8.05. The Kier molecular flexibility index (Phi) is 3.15. The number of nitrogens with zero attached hydrogens (tertiary/aromatic N) is 1. The van der Waals surface area contributed by atoms with E-state index in [0.717, 1.165) is 15.2 Å². The first-order valence-electron chi connectivity index (χ1n) is 5.07. The van der Waals surface area contributed by atoms with Gasteiger partial charge in [-0.15, -0.1) is 0 Å². The predicted octanol–water partition coefficient (Wildman–Crippen LogP) is 2.02. The fourth-order valence-corrected chi connectivity index (χ4v) is 2.58. The zero-order valence-electron chi connectivity index (χ0n) is 9.62. The molecule has 2 rings (SSSR count). The van der Waals surface area contributed by atoms with Gasteiger partial charge in [-0.05, 0) is 22.9 Å². The molecule has 90 valence electrons. The summed E-state index contributed by atoms with van der Waals surface area (Å²) in [5, 5.41) is 1.89. The molecule has 17 heavy (non-hydrogen) atoms. The van der Waals surface area contributed by atoms with Crippen LogP contribution in [0.2, 0.25) is 0 Å². The number of benzene rings is 2. The Balaban J connectivity index is 2.57. The number of sulfonamides is 1. The third-order valence-electron chi connectivity index (χ3n) is 2.61. The van der Waals surface area contributed by atoms with Gasteiger partial charge in [-0.3, -0.25) is 4.84 Å². The molecule has 0 unspecified atom stereocenters. The summed E-state index contributed by atoms with van der Waals surface area (Å²) in [6, 6.07) is 12.6. The standard InChI is InChI=1S/C12H13NO3S/c1-13(16-2)17(14,15)12-8-7-10-5-3-4-6-11(10)9-12/h3-9H,1-2H3. The molecule has 2 aromatic rings. The van der Waals surface area contributed by atoms with Crippen LogP contribution in [0, 0.1) is 0 Å². The lowest BCUT2D eigenvalue weighted by molar-refractivity contribution is -0.0258. The molecule has 0 aromatic heterocycles. The summed E-state index contributed by atoms with van der Waals surface area (Å²) in [5.41, 5.74) is 0. The number of rotatable bonds is 3. The van der Waals surface area contributed by atoms with E-state index in [2.05, 4.69) is 0 Å². The van der Waals surface area contributed by atoms with E-state index >= 15 is 0 Å². The second-order valence-electron chi connectivity index (χ2n) is 3.61. The van der Waals surface area contributed by atoms with E-state index in [4.69, 9.17) is 4.84 Å². The van der Waals surface area contributed by atoms with Crippen LogP contribution < -0.4 is 0 Å². The predicted molar refractivity (Wildman–Crippen MR) is 65.9 cm³/mol. The Morgan fingerprint density at radius 1 is 1.06 bits per heavy atom. The maximum atomic E-state index is 12.0. The van der Waals surface area contributed by atoms with Gasteiger partial charge in [-0.1, -0.05) is 34.8 Å². The Labute approximate surface area is 100 Å². The second kappa shape index (κ2) is 4.44. The zero-order valence-corrected chi connectivity index (χ0v) is 10.4. The van der Waals surface area contributed by atoms with Gasteiger partial charge in [0.15, 0.2) is 0 Å². The lowest BCUT2D eigenvalue weighted by Crippen LogP contribution is -2.25. The summed E-state index contributed by atoms with van der Waals surface area (Å²) >= 11 is 0. The fourth-order valence-electron chi connectivity index (χ4n) is 1.57. The molecule has 0 aliphatic rings. The molecule has 0 aliphatic carbocycles. The van der Waals surface area contributed by atoms with Crippen molar-refractivity contribution in [1.82, 2.24) is 4.47 Å². The van der Waals surface area contributed by atoms with Crippen molar-refractivity contribution in [3.8, 4) is 0 Å². The van der Waals surface area contributed by atoms with Crippen LogP contribution in [0.4, 0.5) is 0 Å². The van der Waals surface area contributed by atoms with Crippen LogP contribution in [0.5, 0.6) is 0 Å². The normalized spacial score (nSPS) is 12.2. The van der Waals surface area contributed by atoms with Gasteiger partial charge in [0.2, 0.25) is 0 Å². The quantitative estimate of drug-likeness (QED) is 0.784. The van der Waals surface area contributed by atoms with Crippen LogP contribution in [-0.2, 0) is 14.9 Å². The van der Waals surface area contributed by atoms with Gasteiger partial charge in [0.25, 0.3) is 10.0 Å². The number of hydroxylamine groups is 1. The number of hydrogen-bond acceptors (Lipinski definition) is 3. The number of fused-ring (bicyclic) bond motifs is 1. The van der Waals surface area contributed by atoms with E-state index in [-0.39, 0.29) is 4.90 Å². The minimum Gasteiger partial charge on any atom is -0.288 e. The van der Waals surface area contributed by atoms with Gasteiger partial charge in [0, 0.05) is 7.05 Å². The van der Waals surface area contributed by atoms with Crippen molar-refractivity contribution in [2.24, 2.45) is 0 Å². The van der Waals surface area contributed by atoms with Crippen molar-refractivity contribution in [2.45, 2.75) is 4.90 Å². The molecule has 2 aromatic carbocycles. The lowest BCUT2D eigenvalue weighted by atomic mass is 10.1. The van der Waals surface area contributed by atoms with Gasteiger partial charge in [-0.2, -0.15) is 0 Å². The van der Waals surface area contributed by atoms with E-state index in [1.54, 1.807) is 18.2 Å². The first kappa shape index (κ1) is 12.0. The molecule has 0 fully saturated rings. The average molecular weight is 251 g/mol. The minimum atomic E-state index is -3.57. The largest absolute Gasteiger partial charge is 0.288 e. The van der Waals surface area contributed by atoms with E-state index in [9.17, 15) is 8.42 Å². The molecular weight excluding hydrogens is 238 g/mol. The Hall–Kier alpha value is -1.43. The Morgan fingerprint density at radius 3 is 2.35 bits per heavy atom. The van der Waals surface area contributed by atoms with Crippen molar-refractivity contribution < 1.29 is 13.3 Å². The molecule has 0 heterocycles. The van der Waals surface area contributed by atoms with Gasteiger partial charge < -0.3 is 0 Å². The van der Waals surface area contributed by atoms with E-state index in [0.29, 0.717) is 0 Å². The highest BCUT2D eigenvalue weighted by Crippen LogP contribution is 2.21. The smallest absolute Gasteiger partial charge is 0.264 e. The molecule has 0 saturated carbocycles. The van der Waals surface area contributed by atoms with Gasteiger partial charge in [-0.25, -0.2) is 8.42 Å². The van der Waals surface area contributed by atoms with Crippen molar-refractivity contribution in [1.29, 1.82) is 0 Å². The minimum absolute atomic E-state index is 0.223. The molecule has 0 atom stereocenters. The topological polar surface area (TPSA) is 46.6 Å². The summed E-state index contributed by atoms with van der Waals surface area (Å²) in [7, 11) is -0.886. The summed E-state index contributed by atoms with van der Waals surface area (Å²) in [6.07, 6.45) is 0. The monoisotopic (exact) mass is 251 g/mol. The fraction of sp³-hybridized carbons (Fsp3) is 0.167. The molecule has 5 heteroatoms. The van der Waals surface area contributed by atoms with Gasteiger partial charge in [0.1, 0.15) is 0 Å². The van der Waals surface area contributed by atoms with Crippen LogP contribution in [0.1, 0.15) is 0 Å².